The van der Waals surface area contributed by atoms with Crippen LogP contribution in [0.5, 0.6) is 5.75 Å². The Morgan fingerprint density at radius 2 is 2.20 bits per heavy atom. The lowest BCUT2D eigenvalue weighted by Gasteiger charge is -2.15. The number of nitrogens with zero attached hydrogens (tertiary/aromatic N) is 2. The Bertz CT molecular complexity index is 567. The first kappa shape index (κ1) is 15.0. The Balaban J connectivity index is 2.38. The van der Waals surface area contributed by atoms with Crippen molar-refractivity contribution in [2.24, 2.45) is 0 Å². The number of hydrogen-bond acceptors (Lipinski definition) is 4. The van der Waals surface area contributed by atoms with Gasteiger partial charge in [-0.1, -0.05) is 19.9 Å². The summed E-state index contributed by atoms with van der Waals surface area (Å²) >= 11 is 1.91. The van der Waals surface area contributed by atoms with Gasteiger partial charge in [-0.05, 0) is 31.2 Å². The Labute approximate surface area is 124 Å². The van der Waals surface area contributed by atoms with E-state index in [2.05, 4.69) is 36.4 Å². The van der Waals surface area contributed by atoms with Gasteiger partial charge in [0.15, 0.2) is 0 Å². The Morgan fingerprint density at radius 1 is 1.40 bits per heavy atom. The molecule has 0 spiro atoms. The fourth-order valence-corrected chi connectivity index (χ4v) is 2.99. The zero-order valence-electron chi connectivity index (χ0n) is 12.4. The largest absolute Gasteiger partial charge is 0.491 e. The highest BCUT2D eigenvalue weighted by Gasteiger charge is 2.16. The van der Waals surface area contributed by atoms with Gasteiger partial charge in [0, 0.05) is 11.8 Å². The van der Waals surface area contributed by atoms with E-state index in [1.165, 1.54) is 0 Å². The van der Waals surface area contributed by atoms with E-state index in [4.69, 9.17) is 10.5 Å². The molecule has 4 nitrogen and oxygen atoms in total. The molecular weight excluding hydrogens is 270 g/mol. The molecular formula is C15H23N3OS. The van der Waals surface area contributed by atoms with Gasteiger partial charge in [0.2, 0.25) is 5.95 Å². The van der Waals surface area contributed by atoms with Crippen LogP contribution >= 0.6 is 11.8 Å². The third-order valence-corrected chi connectivity index (χ3v) is 4.30. The molecule has 0 saturated carbocycles. The minimum absolute atomic E-state index is 0.325. The number of fused-ring (bicyclic) bond motifs is 1. The number of imidazole rings is 1. The van der Waals surface area contributed by atoms with Gasteiger partial charge in [-0.25, -0.2) is 4.98 Å². The van der Waals surface area contributed by atoms with Crippen LogP contribution in [0.1, 0.15) is 33.2 Å². The van der Waals surface area contributed by atoms with E-state index in [1.54, 1.807) is 0 Å². The number of para-hydroxylation sites is 1. The SMILES string of the molecule is CCCOc1cccc2c1nc(N)n2C(C)CSCC. The summed E-state index contributed by atoms with van der Waals surface area (Å²) in [6.07, 6.45) is 0.982. The number of anilines is 1. The van der Waals surface area contributed by atoms with Crippen molar-refractivity contribution in [3.8, 4) is 5.75 Å². The molecule has 1 aromatic carbocycles. The lowest BCUT2D eigenvalue weighted by molar-refractivity contribution is 0.320. The van der Waals surface area contributed by atoms with E-state index in [-0.39, 0.29) is 0 Å². The minimum Gasteiger partial charge on any atom is -0.491 e. The van der Waals surface area contributed by atoms with Crippen molar-refractivity contribution in [1.82, 2.24) is 9.55 Å². The van der Waals surface area contributed by atoms with Crippen LogP contribution in [0.4, 0.5) is 5.95 Å². The summed E-state index contributed by atoms with van der Waals surface area (Å²) in [5.41, 5.74) is 8.03. The van der Waals surface area contributed by atoms with Gasteiger partial charge in [-0.2, -0.15) is 11.8 Å². The summed E-state index contributed by atoms with van der Waals surface area (Å²) in [6, 6.07) is 6.35. The third-order valence-electron chi connectivity index (χ3n) is 3.18. The minimum atomic E-state index is 0.325. The normalized spacial score (nSPS) is 12.8. The van der Waals surface area contributed by atoms with E-state index in [0.717, 1.165) is 34.7 Å². The van der Waals surface area contributed by atoms with Gasteiger partial charge in [0.1, 0.15) is 11.3 Å². The number of benzene rings is 1. The monoisotopic (exact) mass is 293 g/mol. The van der Waals surface area contributed by atoms with Crippen LogP contribution in [-0.2, 0) is 0 Å². The van der Waals surface area contributed by atoms with E-state index in [1.807, 2.05) is 23.9 Å². The van der Waals surface area contributed by atoms with Crippen molar-refractivity contribution in [2.75, 3.05) is 23.8 Å². The van der Waals surface area contributed by atoms with Gasteiger partial charge in [-0.3, -0.25) is 0 Å². The fraction of sp³-hybridized carbons (Fsp3) is 0.533. The van der Waals surface area contributed by atoms with Crippen LogP contribution in [0.25, 0.3) is 11.0 Å². The first-order valence-corrected chi connectivity index (χ1v) is 8.31. The second-order valence-electron chi connectivity index (χ2n) is 4.82. The van der Waals surface area contributed by atoms with Crippen LogP contribution in [-0.4, -0.2) is 27.7 Å². The van der Waals surface area contributed by atoms with Crippen molar-refractivity contribution in [1.29, 1.82) is 0 Å². The lowest BCUT2D eigenvalue weighted by Crippen LogP contribution is -2.11. The second kappa shape index (κ2) is 6.88. The molecule has 20 heavy (non-hydrogen) atoms. The fourth-order valence-electron chi connectivity index (χ4n) is 2.26. The standard InChI is InChI=1S/C15H23N3OS/c1-4-9-19-13-8-6-7-12-14(13)17-15(16)18(12)11(3)10-20-5-2/h6-8,11H,4-5,9-10H2,1-3H3,(H2,16,17). The highest BCUT2D eigenvalue weighted by atomic mass is 32.2. The van der Waals surface area contributed by atoms with Crippen molar-refractivity contribution in [2.45, 2.75) is 33.2 Å². The molecule has 0 radical (unpaired) electrons. The topological polar surface area (TPSA) is 53.1 Å². The van der Waals surface area contributed by atoms with Gasteiger partial charge < -0.3 is 15.0 Å². The number of hydrogen-bond donors (Lipinski definition) is 1. The maximum atomic E-state index is 6.11. The molecule has 1 heterocycles. The number of rotatable bonds is 7. The molecule has 0 bridgehead atoms. The van der Waals surface area contributed by atoms with Crippen LogP contribution in [0.3, 0.4) is 0 Å². The molecule has 0 saturated heterocycles. The number of thioether (sulfide) groups is 1. The Kier molecular flexibility index (Phi) is 5.17. The van der Waals surface area contributed by atoms with Crippen molar-refractivity contribution >= 4 is 28.7 Å². The number of ether oxygens (including phenoxy) is 1. The van der Waals surface area contributed by atoms with Gasteiger partial charge in [-0.15, -0.1) is 0 Å². The number of aromatic nitrogens is 2. The predicted octanol–water partition coefficient (Wildman–Crippen LogP) is 3.72. The molecule has 2 aromatic rings. The summed E-state index contributed by atoms with van der Waals surface area (Å²) in [7, 11) is 0. The molecule has 1 unspecified atom stereocenters. The summed E-state index contributed by atoms with van der Waals surface area (Å²) in [5, 5.41) is 0. The molecule has 5 heteroatoms. The molecule has 110 valence electrons. The van der Waals surface area contributed by atoms with E-state index >= 15 is 0 Å². The van der Waals surface area contributed by atoms with E-state index in [9.17, 15) is 0 Å². The molecule has 1 aromatic heterocycles. The average Bonchev–Trinajstić information content (AvgIpc) is 2.79. The summed E-state index contributed by atoms with van der Waals surface area (Å²) in [4.78, 5) is 4.50. The van der Waals surface area contributed by atoms with Gasteiger partial charge >= 0.3 is 0 Å². The zero-order chi connectivity index (χ0) is 14.5. The van der Waals surface area contributed by atoms with Crippen molar-refractivity contribution < 1.29 is 4.74 Å². The highest BCUT2D eigenvalue weighted by molar-refractivity contribution is 7.99. The summed E-state index contributed by atoms with van der Waals surface area (Å²) < 4.78 is 7.87. The number of nitrogen functional groups attached to an aromatic ring is 1. The highest BCUT2D eigenvalue weighted by Crippen LogP contribution is 2.30. The predicted molar refractivity (Wildman–Crippen MR) is 87.6 cm³/mol. The van der Waals surface area contributed by atoms with Crippen molar-refractivity contribution in [3.05, 3.63) is 18.2 Å². The van der Waals surface area contributed by atoms with Crippen LogP contribution in [0.2, 0.25) is 0 Å². The Morgan fingerprint density at radius 3 is 2.90 bits per heavy atom. The first-order chi connectivity index (χ1) is 9.69. The smallest absolute Gasteiger partial charge is 0.201 e. The van der Waals surface area contributed by atoms with Gasteiger partial charge in [0.25, 0.3) is 0 Å². The van der Waals surface area contributed by atoms with E-state index in [0.29, 0.717) is 18.6 Å². The Hall–Kier alpha value is -1.36. The van der Waals surface area contributed by atoms with Crippen LogP contribution < -0.4 is 10.5 Å². The summed E-state index contributed by atoms with van der Waals surface area (Å²) in [6.45, 7) is 7.15. The average molecular weight is 293 g/mol. The van der Waals surface area contributed by atoms with Crippen molar-refractivity contribution in [3.63, 3.8) is 0 Å². The van der Waals surface area contributed by atoms with Crippen LogP contribution in [0, 0.1) is 0 Å². The van der Waals surface area contributed by atoms with Gasteiger partial charge in [0.05, 0.1) is 12.1 Å². The molecule has 2 rings (SSSR count). The quantitative estimate of drug-likeness (QED) is 0.845. The molecule has 2 N–H and O–H groups in total. The third kappa shape index (κ3) is 3.03. The second-order valence-corrected chi connectivity index (χ2v) is 6.14. The molecule has 0 amide bonds. The number of nitrogens with two attached hydrogens (primary N) is 1. The maximum Gasteiger partial charge on any atom is 0.201 e. The molecule has 0 fully saturated rings. The van der Waals surface area contributed by atoms with E-state index < -0.39 is 0 Å². The summed E-state index contributed by atoms with van der Waals surface area (Å²) in [5.74, 6) is 3.54. The molecule has 0 aliphatic heterocycles. The van der Waals surface area contributed by atoms with Crippen LogP contribution in [0.15, 0.2) is 18.2 Å². The molecule has 0 aliphatic carbocycles. The molecule has 1 atom stereocenters. The molecule has 0 aliphatic rings. The maximum absolute atomic E-state index is 6.11. The zero-order valence-corrected chi connectivity index (χ0v) is 13.2. The first-order valence-electron chi connectivity index (χ1n) is 7.16. The lowest BCUT2D eigenvalue weighted by atomic mass is 10.2.